The molecule has 0 aromatic heterocycles. The number of aromatic hydroxyl groups is 2. The van der Waals surface area contributed by atoms with E-state index in [-0.39, 0.29) is 11.4 Å². The Morgan fingerprint density at radius 1 is 1.17 bits per heavy atom. The van der Waals surface area contributed by atoms with E-state index in [1.807, 2.05) is 6.92 Å². The van der Waals surface area contributed by atoms with Gasteiger partial charge < -0.3 is 15.5 Å². The van der Waals surface area contributed by atoms with Gasteiger partial charge in [-0.05, 0) is 24.2 Å². The fourth-order valence-corrected chi connectivity index (χ4v) is 2.69. The van der Waals surface area contributed by atoms with Gasteiger partial charge in [0, 0.05) is 13.1 Å². The minimum absolute atomic E-state index is 0.208. The van der Waals surface area contributed by atoms with Crippen molar-refractivity contribution in [2.75, 3.05) is 13.1 Å². The summed E-state index contributed by atoms with van der Waals surface area (Å²) < 4.78 is 25.9. The molecule has 0 aliphatic rings. The molecule has 1 aromatic rings. The van der Waals surface area contributed by atoms with Gasteiger partial charge in [-0.15, -0.1) is 0 Å². The second kappa shape index (κ2) is 6.03. The Labute approximate surface area is 107 Å². The van der Waals surface area contributed by atoms with Gasteiger partial charge in [-0.3, -0.25) is 0 Å². The number of rotatable bonds is 6. The van der Waals surface area contributed by atoms with Crippen LogP contribution in [0.2, 0.25) is 0 Å². The fourth-order valence-electron chi connectivity index (χ4n) is 1.49. The van der Waals surface area contributed by atoms with Crippen molar-refractivity contribution in [2.45, 2.75) is 25.3 Å². The lowest BCUT2D eigenvalue weighted by molar-refractivity contribution is 0.392. The minimum Gasteiger partial charge on any atom is -0.504 e. The van der Waals surface area contributed by atoms with Gasteiger partial charge in [0.15, 0.2) is 11.5 Å². The Hall–Kier alpha value is -1.31. The molecule has 4 N–H and O–H groups in total. The van der Waals surface area contributed by atoms with Gasteiger partial charge in [0.05, 0.1) is 0 Å². The van der Waals surface area contributed by atoms with Crippen LogP contribution in [0.4, 0.5) is 0 Å². The highest BCUT2D eigenvalue weighted by Gasteiger charge is 2.21. The van der Waals surface area contributed by atoms with Crippen LogP contribution in [0.1, 0.15) is 19.4 Å². The van der Waals surface area contributed by atoms with Crippen molar-refractivity contribution >= 4 is 10.0 Å². The molecule has 0 amide bonds. The van der Waals surface area contributed by atoms with E-state index in [2.05, 4.69) is 10.0 Å². The van der Waals surface area contributed by atoms with E-state index in [1.165, 1.54) is 12.1 Å². The van der Waals surface area contributed by atoms with Gasteiger partial charge in [-0.25, -0.2) is 13.1 Å². The van der Waals surface area contributed by atoms with Gasteiger partial charge >= 0.3 is 0 Å². The van der Waals surface area contributed by atoms with Crippen molar-refractivity contribution in [3.8, 4) is 11.5 Å². The summed E-state index contributed by atoms with van der Waals surface area (Å²) in [5, 5.41) is 22.2. The lowest BCUT2D eigenvalue weighted by atomic mass is 10.2. The van der Waals surface area contributed by atoms with Crippen LogP contribution in [0.5, 0.6) is 11.5 Å². The first kappa shape index (κ1) is 14.7. The van der Waals surface area contributed by atoms with Crippen molar-refractivity contribution in [3.63, 3.8) is 0 Å². The average Bonchev–Trinajstić information content (AvgIpc) is 2.30. The number of benzene rings is 1. The van der Waals surface area contributed by atoms with Crippen LogP contribution < -0.4 is 10.0 Å². The molecule has 0 atom stereocenters. The molecule has 102 valence electrons. The molecule has 0 fully saturated rings. The smallest absolute Gasteiger partial charge is 0.244 e. The summed E-state index contributed by atoms with van der Waals surface area (Å²) in [5.74, 6) is -1.07. The molecule has 0 saturated carbocycles. The van der Waals surface area contributed by atoms with Gasteiger partial charge in [-0.2, -0.15) is 0 Å². The van der Waals surface area contributed by atoms with Crippen molar-refractivity contribution < 1.29 is 18.6 Å². The summed E-state index contributed by atoms with van der Waals surface area (Å²) in [6, 6.07) is 2.68. The zero-order valence-electron chi connectivity index (χ0n) is 10.4. The Morgan fingerprint density at radius 3 is 2.39 bits per heavy atom. The molecule has 0 radical (unpaired) electrons. The maximum absolute atomic E-state index is 11.8. The maximum Gasteiger partial charge on any atom is 0.244 e. The molecule has 0 spiro atoms. The standard InChI is InChI=1S/C11H18N2O4S/c1-3-12-7-8-5-9(14)11(15)10(6-8)18(16,17)13-4-2/h5-6,12-15H,3-4,7H2,1-2H3. The average molecular weight is 274 g/mol. The van der Waals surface area contributed by atoms with E-state index >= 15 is 0 Å². The number of hydrogen-bond acceptors (Lipinski definition) is 5. The summed E-state index contributed by atoms with van der Waals surface area (Å²) in [4.78, 5) is -0.308. The third-order valence-electron chi connectivity index (χ3n) is 2.32. The molecule has 0 heterocycles. The molecule has 7 heteroatoms. The summed E-state index contributed by atoms with van der Waals surface area (Å²) in [6.45, 7) is 4.89. The van der Waals surface area contributed by atoms with Crippen LogP contribution in [0.15, 0.2) is 17.0 Å². The molecule has 0 saturated heterocycles. The summed E-state index contributed by atoms with van der Waals surface area (Å²) in [5.41, 5.74) is 0.587. The molecule has 1 aromatic carbocycles. The van der Waals surface area contributed by atoms with Gasteiger partial charge in [0.2, 0.25) is 10.0 Å². The zero-order valence-corrected chi connectivity index (χ0v) is 11.2. The summed E-state index contributed by atoms with van der Waals surface area (Å²) in [6.07, 6.45) is 0. The number of hydrogen-bond donors (Lipinski definition) is 4. The van der Waals surface area contributed by atoms with E-state index < -0.39 is 21.5 Å². The molecule has 0 aliphatic heterocycles. The van der Waals surface area contributed by atoms with E-state index in [0.717, 1.165) is 6.54 Å². The first-order valence-corrected chi connectivity index (χ1v) is 7.16. The number of phenols is 2. The third-order valence-corrected chi connectivity index (χ3v) is 3.88. The minimum atomic E-state index is -3.80. The van der Waals surface area contributed by atoms with Crippen LogP contribution >= 0.6 is 0 Å². The second-order valence-electron chi connectivity index (χ2n) is 3.74. The number of sulfonamides is 1. The van der Waals surface area contributed by atoms with Crippen LogP contribution in [-0.2, 0) is 16.6 Å². The predicted octanol–water partition coefficient (Wildman–Crippen LogP) is 0.505. The quantitative estimate of drug-likeness (QED) is 0.566. The number of nitrogens with one attached hydrogen (secondary N) is 2. The van der Waals surface area contributed by atoms with E-state index in [1.54, 1.807) is 6.92 Å². The Morgan fingerprint density at radius 2 is 1.83 bits per heavy atom. The van der Waals surface area contributed by atoms with Crippen molar-refractivity contribution in [2.24, 2.45) is 0 Å². The fraction of sp³-hybridized carbons (Fsp3) is 0.455. The molecular weight excluding hydrogens is 256 g/mol. The first-order valence-electron chi connectivity index (χ1n) is 5.67. The monoisotopic (exact) mass is 274 g/mol. The van der Waals surface area contributed by atoms with Gasteiger partial charge in [-0.1, -0.05) is 13.8 Å². The Bertz CT molecular complexity index is 514. The number of phenolic OH excluding ortho intramolecular Hbond substituents is 2. The molecule has 6 nitrogen and oxygen atoms in total. The lowest BCUT2D eigenvalue weighted by Crippen LogP contribution is -2.23. The van der Waals surface area contributed by atoms with E-state index in [0.29, 0.717) is 12.1 Å². The van der Waals surface area contributed by atoms with Crippen molar-refractivity contribution in [3.05, 3.63) is 17.7 Å². The maximum atomic E-state index is 11.8. The van der Waals surface area contributed by atoms with E-state index in [4.69, 9.17) is 0 Å². The topological polar surface area (TPSA) is 98.7 Å². The SMILES string of the molecule is CCNCc1cc(O)c(O)c(S(=O)(=O)NCC)c1. The highest BCUT2D eigenvalue weighted by atomic mass is 32.2. The van der Waals surface area contributed by atoms with E-state index in [9.17, 15) is 18.6 Å². The molecule has 1 rings (SSSR count). The van der Waals surface area contributed by atoms with Crippen LogP contribution in [0.3, 0.4) is 0 Å². The Balaban J connectivity index is 3.22. The highest BCUT2D eigenvalue weighted by molar-refractivity contribution is 7.89. The zero-order chi connectivity index (χ0) is 13.8. The molecular formula is C11H18N2O4S. The molecule has 0 bridgehead atoms. The Kier molecular flexibility index (Phi) is 4.94. The molecule has 18 heavy (non-hydrogen) atoms. The van der Waals surface area contributed by atoms with Crippen molar-refractivity contribution in [1.29, 1.82) is 0 Å². The predicted molar refractivity (Wildman–Crippen MR) is 68.0 cm³/mol. The summed E-state index contributed by atoms with van der Waals surface area (Å²) >= 11 is 0. The first-order chi connectivity index (χ1) is 8.42. The van der Waals surface area contributed by atoms with Gasteiger partial charge in [0.25, 0.3) is 0 Å². The third kappa shape index (κ3) is 3.34. The van der Waals surface area contributed by atoms with Crippen LogP contribution in [-0.4, -0.2) is 31.7 Å². The normalized spacial score (nSPS) is 11.7. The summed E-state index contributed by atoms with van der Waals surface area (Å²) in [7, 11) is -3.80. The van der Waals surface area contributed by atoms with Gasteiger partial charge in [0.1, 0.15) is 4.90 Å². The second-order valence-corrected chi connectivity index (χ2v) is 5.48. The highest BCUT2D eigenvalue weighted by Crippen LogP contribution is 2.33. The lowest BCUT2D eigenvalue weighted by Gasteiger charge is -2.11. The largest absolute Gasteiger partial charge is 0.504 e. The molecule has 0 aliphatic carbocycles. The molecule has 0 unspecified atom stereocenters. The van der Waals surface area contributed by atoms with Crippen LogP contribution in [0, 0.1) is 0 Å². The van der Waals surface area contributed by atoms with Crippen LogP contribution in [0.25, 0.3) is 0 Å². The van der Waals surface area contributed by atoms with Crippen molar-refractivity contribution in [1.82, 2.24) is 10.0 Å².